The molecule has 194 valence electrons. The quantitative estimate of drug-likeness (QED) is 0.0925. The molecule has 0 aliphatic carbocycles. The third kappa shape index (κ3) is 5.81. The number of carbonyl (C=O) groups excluding carboxylic acids is 1. The number of methoxy groups -OCH3 is 1. The van der Waals surface area contributed by atoms with E-state index in [1.807, 2.05) is 0 Å². The van der Waals surface area contributed by atoms with Gasteiger partial charge in [-0.3, -0.25) is 14.9 Å². The summed E-state index contributed by atoms with van der Waals surface area (Å²) < 4.78 is 61.6. The van der Waals surface area contributed by atoms with E-state index in [9.17, 15) is 32.9 Å². The van der Waals surface area contributed by atoms with Gasteiger partial charge in [0.1, 0.15) is 22.8 Å². The van der Waals surface area contributed by atoms with Crippen LogP contribution in [-0.4, -0.2) is 18.0 Å². The molecule has 1 aromatic heterocycles. The molecule has 0 aliphatic rings. The van der Waals surface area contributed by atoms with E-state index in [0.717, 1.165) is 18.2 Å². The maximum absolute atomic E-state index is 13.8. The zero-order chi connectivity index (χ0) is 27.4. The van der Waals surface area contributed by atoms with E-state index in [0.29, 0.717) is 11.3 Å². The molecule has 1 heterocycles. The van der Waals surface area contributed by atoms with Crippen LogP contribution in [0.3, 0.4) is 0 Å². The van der Waals surface area contributed by atoms with E-state index in [4.69, 9.17) is 18.6 Å². The average molecular weight is 527 g/mol. The number of ether oxygens (including phenoxy) is 3. The smallest absolute Gasteiger partial charge is 0.453 e. The summed E-state index contributed by atoms with van der Waals surface area (Å²) in [6.07, 6.45) is -2.84. The fourth-order valence-corrected chi connectivity index (χ4v) is 3.32. The molecule has 0 aliphatic heterocycles. The molecule has 4 rings (SSSR count). The summed E-state index contributed by atoms with van der Waals surface area (Å²) in [5.41, 5.74) is -1.41. The molecule has 38 heavy (non-hydrogen) atoms. The van der Waals surface area contributed by atoms with E-state index in [1.165, 1.54) is 67.8 Å². The van der Waals surface area contributed by atoms with Crippen LogP contribution in [0, 0.1) is 10.1 Å². The van der Waals surface area contributed by atoms with Gasteiger partial charge < -0.3 is 18.6 Å². The summed E-state index contributed by atoms with van der Waals surface area (Å²) >= 11 is 0. The van der Waals surface area contributed by atoms with E-state index in [2.05, 4.69) is 0 Å². The maximum atomic E-state index is 13.8. The first-order valence-electron chi connectivity index (χ1n) is 10.7. The highest BCUT2D eigenvalue weighted by atomic mass is 19.4. The van der Waals surface area contributed by atoms with Gasteiger partial charge in [0.05, 0.1) is 17.4 Å². The van der Waals surface area contributed by atoms with Crippen molar-refractivity contribution in [3.05, 3.63) is 104 Å². The Morgan fingerprint density at radius 2 is 1.68 bits per heavy atom. The van der Waals surface area contributed by atoms with E-state index in [1.54, 1.807) is 0 Å². The molecular formula is C26H16F3NO8. The van der Waals surface area contributed by atoms with Gasteiger partial charge in [-0.1, -0.05) is 12.1 Å². The van der Waals surface area contributed by atoms with Crippen LogP contribution in [0.1, 0.15) is 11.3 Å². The summed E-state index contributed by atoms with van der Waals surface area (Å²) in [5, 5.41) is 10.6. The van der Waals surface area contributed by atoms with Crippen molar-refractivity contribution < 1.29 is 41.5 Å². The molecule has 0 amide bonds. The van der Waals surface area contributed by atoms with Gasteiger partial charge in [-0.15, -0.1) is 0 Å². The van der Waals surface area contributed by atoms with Gasteiger partial charge in [-0.2, -0.15) is 13.2 Å². The minimum Gasteiger partial charge on any atom is -0.497 e. The van der Waals surface area contributed by atoms with Crippen LogP contribution in [0.4, 0.5) is 18.9 Å². The lowest BCUT2D eigenvalue weighted by Crippen LogP contribution is -2.15. The topological polar surface area (TPSA) is 118 Å². The van der Waals surface area contributed by atoms with Gasteiger partial charge in [0.15, 0.2) is 0 Å². The number of non-ortho nitro benzene ring substituents is 1. The van der Waals surface area contributed by atoms with Gasteiger partial charge in [-0.25, -0.2) is 4.79 Å². The van der Waals surface area contributed by atoms with Crippen molar-refractivity contribution in [2.45, 2.75) is 6.18 Å². The van der Waals surface area contributed by atoms with Crippen molar-refractivity contribution in [2.24, 2.45) is 0 Å². The van der Waals surface area contributed by atoms with Crippen LogP contribution in [0.5, 0.6) is 23.0 Å². The Kier molecular flexibility index (Phi) is 7.15. The fourth-order valence-electron chi connectivity index (χ4n) is 3.32. The monoisotopic (exact) mass is 527 g/mol. The number of alkyl halides is 3. The predicted molar refractivity (Wildman–Crippen MR) is 128 cm³/mol. The van der Waals surface area contributed by atoms with Gasteiger partial charge in [0.25, 0.3) is 11.4 Å². The standard InChI is InChI=1S/C26H16F3NO8/c1-35-17-6-8-18(9-7-17)37-24-23(32)20-11-10-19(14-21(20)38-25(24)26(27,28)29)36-22(31)12-5-15-3-2-4-16(13-15)30(33)34/h2-14H,1H3/b12-5+. The van der Waals surface area contributed by atoms with Crippen LogP contribution >= 0.6 is 0 Å². The Balaban J connectivity index is 1.63. The first-order valence-corrected chi connectivity index (χ1v) is 10.7. The lowest BCUT2D eigenvalue weighted by atomic mass is 10.2. The number of rotatable bonds is 7. The molecule has 0 saturated carbocycles. The van der Waals surface area contributed by atoms with Crippen molar-refractivity contribution in [2.75, 3.05) is 7.11 Å². The molecule has 3 aromatic carbocycles. The number of fused-ring (bicyclic) bond motifs is 1. The summed E-state index contributed by atoms with van der Waals surface area (Å²) in [4.78, 5) is 35.4. The first-order chi connectivity index (χ1) is 18.0. The molecule has 0 atom stereocenters. The second-order valence-corrected chi connectivity index (χ2v) is 7.63. The van der Waals surface area contributed by atoms with E-state index >= 15 is 0 Å². The number of benzene rings is 3. The number of nitro groups is 1. The highest BCUT2D eigenvalue weighted by Gasteiger charge is 2.40. The maximum Gasteiger partial charge on any atom is 0.453 e. The largest absolute Gasteiger partial charge is 0.497 e. The number of halogens is 3. The van der Waals surface area contributed by atoms with Crippen molar-refractivity contribution in [3.8, 4) is 23.0 Å². The number of nitrogens with zero attached hydrogens (tertiary/aromatic N) is 1. The zero-order valence-electron chi connectivity index (χ0n) is 19.4. The van der Waals surface area contributed by atoms with Gasteiger partial charge in [0, 0.05) is 24.3 Å². The number of hydrogen-bond acceptors (Lipinski definition) is 8. The summed E-state index contributed by atoms with van der Waals surface area (Å²) in [5.74, 6) is -3.47. The van der Waals surface area contributed by atoms with Crippen LogP contribution in [-0.2, 0) is 11.0 Å². The molecule has 0 saturated heterocycles. The van der Waals surface area contributed by atoms with Gasteiger partial charge in [0.2, 0.25) is 11.2 Å². The van der Waals surface area contributed by atoms with Crippen molar-refractivity contribution in [3.63, 3.8) is 0 Å². The third-order valence-electron chi connectivity index (χ3n) is 5.07. The Bertz CT molecular complexity index is 1610. The number of esters is 1. The minimum atomic E-state index is -5.08. The highest BCUT2D eigenvalue weighted by Crippen LogP contribution is 2.39. The molecule has 0 spiro atoms. The van der Waals surface area contributed by atoms with Gasteiger partial charge >= 0.3 is 12.1 Å². The van der Waals surface area contributed by atoms with Crippen LogP contribution in [0.15, 0.2) is 82.0 Å². The molecule has 9 nitrogen and oxygen atoms in total. The summed E-state index contributed by atoms with van der Waals surface area (Å²) in [7, 11) is 1.41. The Morgan fingerprint density at radius 1 is 1.00 bits per heavy atom. The average Bonchev–Trinajstić information content (AvgIpc) is 2.89. The molecule has 0 radical (unpaired) electrons. The molecule has 0 N–H and O–H groups in total. The van der Waals surface area contributed by atoms with Crippen LogP contribution < -0.4 is 19.6 Å². The Hall–Kier alpha value is -5.13. The summed E-state index contributed by atoms with van der Waals surface area (Å²) in [6, 6.07) is 14.3. The predicted octanol–water partition coefficient (Wildman–Crippen LogP) is 6.14. The van der Waals surface area contributed by atoms with Gasteiger partial charge in [-0.05, 0) is 48.0 Å². The molecular weight excluding hydrogens is 511 g/mol. The SMILES string of the molecule is COc1ccc(Oc2c(C(F)(F)F)oc3cc(OC(=O)/C=C/c4cccc([N+](=O)[O-])c4)ccc3c2=O)cc1. The molecule has 0 unspecified atom stereocenters. The Morgan fingerprint density at radius 3 is 2.34 bits per heavy atom. The lowest BCUT2D eigenvalue weighted by Gasteiger charge is -2.13. The first kappa shape index (κ1) is 25.9. The second-order valence-electron chi connectivity index (χ2n) is 7.63. The lowest BCUT2D eigenvalue weighted by molar-refractivity contribution is -0.384. The fraction of sp³-hybridized carbons (Fsp3) is 0.0769. The number of carbonyl (C=O) groups is 1. The zero-order valence-corrected chi connectivity index (χ0v) is 19.4. The van der Waals surface area contributed by atoms with Crippen molar-refractivity contribution in [1.82, 2.24) is 0 Å². The Labute approximate surface area is 211 Å². The summed E-state index contributed by atoms with van der Waals surface area (Å²) in [6.45, 7) is 0. The molecule has 0 bridgehead atoms. The minimum absolute atomic E-state index is 0.0518. The van der Waals surface area contributed by atoms with Crippen molar-refractivity contribution >= 4 is 28.7 Å². The molecule has 0 fully saturated rings. The van der Waals surface area contributed by atoms with E-state index < -0.39 is 39.6 Å². The van der Waals surface area contributed by atoms with Crippen LogP contribution in [0.25, 0.3) is 17.0 Å². The number of hydrogen-bond donors (Lipinski definition) is 0. The molecule has 12 heteroatoms. The van der Waals surface area contributed by atoms with E-state index in [-0.39, 0.29) is 22.6 Å². The molecule has 4 aromatic rings. The second kappa shape index (κ2) is 10.5. The third-order valence-corrected chi connectivity index (χ3v) is 5.07. The normalized spacial score (nSPS) is 11.5. The number of nitro benzene ring substituents is 1. The van der Waals surface area contributed by atoms with Crippen molar-refractivity contribution in [1.29, 1.82) is 0 Å². The highest BCUT2D eigenvalue weighted by molar-refractivity contribution is 5.89. The van der Waals surface area contributed by atoms with Crippen LogP contribution in [0.2, 0.25) is 0 Å².